The van der Waals surface area contributed by atoms with Gasteiger partial charge in [0.15, 0.2) is 11.5 Å². The average Bonchev–Trinajstić information content (AvgIpc) is 2.92. The summed E-state index contributed by atoms with van der Waals surface area (Å²) < 4.78 is 16.9. The van der Waals surface area contributed by atoms with Gasteiger partial charge in [-0.05, 0) is 48.2 Å². The van der Waals surface area contributed by atoms with Gasteiger partial charge in [-0.3, -0.25) is 4.90 Å². The van der Waals surface area contributed by atoms with E-state index in [1.54, 1.807) is 21.3 Å². The minimum absolute atomic E-state index is 0.0964. The normalized spacial score (nSPS) is 28.5. The lowest BCUT2D eigenvalue weighted by molar-refractivity contribution is 0.0587. The number of hydrogen-bond acceptors (Lipinski definition) is 4. The first-order valence-electron chi connectivity index (χ1n) is 8.65. The summed E-state index contributed by atoms with van der Waals surface area (Å²) in [5.41, 5.74) is 4.02. The quantitative estimate of drug-likeness (QED) is 0.854. The van der Waals surface area contributed by atoms with Gasteiger partial charge in [0, 0.05) is 20.1 Å². The lowest BCUT2D eigenvalue weighted by Gasteiger charge is -2.44. The topological polar surface area (TPSA) is 30.9 Å². The van der Waals surface area contributed by atoms with Gasteiger partial charge in [0.1, 0.15) is 0 Å². The molecule has 128 valence electrons. The number of ether oxygens (including phenoxy) is 3. The molecule has 24 heavy (non-hydrogen) atoms. The standard InChI is InChI=1S/C20H25NO3/c1-22-16-7-6-15-8-10-21-9-4-5-14-11-18(23-2)19(24-3)12-17(14)20(15,21)13-16/h6-8,11-12,16H,4-5,9-10,13H2,1-3H3/t16-,20+/m0/s1. The minimum Gasteiger partial charge on any atom is -0.493 e. The SMILES string of the molecule is COc1cc2c(cc1OC)[C@@]13C[C@@H](OC)C=CC1=CCN3CCC2. The van der Waals surface area contributed by atoms with Gasteiger partial charge in [0.25, 0.3) is 0 Å². The monoisotopic (exact) mass is 327 g/mol. The van der Waals surface area contributed by atoms with Crippen molar-refractivity contribution in [3.05, 3.63) is 47.1 Å². The molecule has 4 heteroatoms. The van der Waals surface area contributed by atoms with Crippen LogP contribution in [0.5, 0.6) is 11.5 Å². The lowest BCUT2D eigenvalue weighted by Crippen LogP contribution is -2.47. The highest BCUT2D eigenvalue weighted by Crippen LogP contribution is 2.51. The second-order valence-corrected chi connectivity index (χ2v) is 6.77. The first-order chi connectivity index (χ1) is 11.7. The maximum atomic E-state index is 5.70. The fourth-order valence-corrected chi connectivity index (χ4v) is 4.59. The van der Waals surface area contributed by atoms with Crippen molar-refractivity contribution in [3.8, 4) is 11.5 Å². The number of fused-ring (bicyclic) bond motifs is 1. The molecule has 0 saturated carbocycles. The van der Waals surface area contributed by atoms with Crippen LogP contribution >= 0.6 is 0 Å². The Balaban J connectivity index is 1.93. The molecule has 0 saturated heterocycles. The van der Waals surface area contributed by atoms with Crippen LogP contribution in [0, 0.1) is 0 Å². The first-order valence-corrected chi connectivity index (χ1v) is 8.65. The summed E-state index contributed by atoms with van der Waals surface area (Å²) in [4.78, 5) is 2.61. The highest BCUT2D eigenvalue weighted by atomic mass is 16.5. The summed E-state index contributed by atoms with van der Waals surface area (Å²) in [5.74, 6) is 1.63. The molecule has 2 heterocycles. The molecule has 3 aliphatic rings. The van der Waals surface area contributed by atoms with Crippen molar-refractivity contribution in [1.82, 2.24) is 4.90 Å². The molecule has 4 rings (SSSR count). The van der Waals surface area contributed by atoms with Crippen molar-refractivity contribution < 1.29 is 14.2 Å². The highest BCUT2D eigenvalue weighted by molar-refractivity contribution is 5.56. The van der Waals surface area contributed by atoms with Gasteiger partial charge in [-0.15, -0.1) is 0 Å². The summed E-state index contributed by atoms with van der Waals surface area (Å²) in [7, 11) is 5.21. The average molecular weight is 327 g/mol. The Morgan fingerprint density at radius 1 is 1.12 bits per heavy atom. The molecule has 0 aromatic heterocycles. The van der Waals surface area contributed by atoms with Crippen LogP contribution in [0.15, 0.2) is 35.9 Å². The third kappa shape index (κ3) is 2.13. The fraction of sp³-hybridized carbons (Fsp3) is 0.500. The molecule has 2 aliphatic heterocycles. The van der Waals surface area contributed by atoms with E-state index in [2.05, 4.69) is 35.3 Å². The van der Waals surface area contributed by atoms with Crippen molar-refractivity contribution in [2.75, 3.05) is 34.4 Å². The second-order valence-electron chi connectivity index (χ2n) is 6.77. The zero-order valence-corrected chi connectivity index (χ0v) is 14.7. The van der Waals surface area contributed by atoms with E-state index < -0.39 is 0 Å². The van der Waals surface area contributed by atoms with E-state index in [1.165, 1.54) is 16.7 Å². The third-order valence-electron chi connectivity index (χ3n) is 5.77. The van der Waals surface area contributed by atoms with Crippen LogP contribution < -0.4 is 9.47 Å². The highest BCUT2D eigenvalue weighted by Gasteiger charge is 2.49. The zero-order valence-electron chi connectivity index (χ0n) is 14.7. The van der Waals surface area contributed by atoms with E-state index in [9.17, 15) is 0 Å². The Kier molecular flexibility index (Phi) is 3.89. The number of benzene rings is 1. The van der Waals surface area contributed by atoms with E-state index in [1.807, 2.05) is 0 Å². The lowest BCUT2D eigenvalue weighted by atomic mass is 9.74. The van der Waals surface area contributed by atoms with Crippen LogP contribution in [0.1, 0.15) is 24.0 Å². The van der Waals surface area contributed by atoms with Crippen molar-refractivity contribution in [2.24, 2.45) is 0 Å². The fourth-order valence-electron chi connectivity index (χ4n) is 4.59. The molecule has 0 amide bonds. The number of hydrogen-bond donors (Lipinski definition) is 0. The molecule has 0 N–H and O–H groups in total. The smallest absolute Gasteiger partial charge is 0.161 e. The molecule has 0 fully saturated rings. The maximum Gasteiger partial charge on any atom is 0.161 e. The van der Waals surface area contributed by atoms with Gasteiger partial charge < -0.3 is 14.2 Å². The molecule has 1 spiro atoms. The van der Waals surface area contributed by atoms with E-state index in [-0.39, 0.29) is 11.6 Å². The zero-order chi connectivity index (χ0) is 16.7. The Hall–Kier alpha value is -1.78. The van der Waals surface area contributed by atoms with E-state index >= 15 is 0 Å². The van der Waals surface area contributed by atoms with Crippen molar-refractivity contribution in [2.45, 2.75) is 30.9 Å². The predicted molar refractivity (Wildman–Crippen MR) is 93.8 cm³/mol. The Morgan fingerprint density at radius 2 is 1.92 bits per heavy atom. The van der Waals surface area contributed by atoms with Gasteiger partial charge in [-0.1, -0.05) is 18.2 Å². The van der Waals surface area contributed by atoms with Crippen molar-refractivity contribution in [3.63, 3.8) is 0 Å². The van der Waals surface area contributed by atoms with Gasteiger partial charge in [0.2, 0.25) is 0 Å². The van der Waals surface area contributed by atoms with E-state index in [0.717, 1.165) is 43.9 Å². The van der Waals surface area contributed by atoms with Gasteiger partial charge in [-0.2, -0.15) is 0 Å². The van der Waals surface area contributed by atoms with Crippen LogP contribution in [0.4, 0.5) is 0 Å². The summed E-state index contributed by atoms with van der Waals surface area (Å²) in [6.45, 7) is 2.10. The van der Waals surface area contributed by atoms with Crippen LogP contribution in [0.2, 0.25) is 0 Å². The van der Waals surface area contributed by atoms with Crippen LogP contribution in [-0.4, -0.2) is 45.4 Å². The minimum atomic E-state index is -0.0964. The Bertz CT molecular complexity index is 709. The second kappa shape index (κ2) is 5.94. The molecular formula is C20H25NO3. The van der Waals surface area contributed by atoms with Crippen LogP contribution in [0.25, 0.3) is 0 Å². The van der Waals surface area contributed by atoms with Gasteiger partial charge >= 0.3 is 0 Å². The Morgan fingerprint density at radius 3 is 2.67 bits per heavy atom. The molecule has 1 aliphatic carbocycles. The molecule has 1 aromatic carbocycles. The largest absolute Gasteiger partial charge is 0.493 e. The molecule has 4 nitrogen and oxygen atoms in total. The number of rotatable bonds is 3. The molecule has 0 unspecified atom stereocenters. The summed E-state index contributed by atoms with van der Waals surface area (Å²) in [5, 5.41) is 0. The van der Waals surface area contributed by atoms with Gasteiger partial charge in [0.05, 0.1) is 25.9 Å². The van der Waals surface area contributed by atoms with E-state index in [0.29, 0.717) is 0 Å². The third-order valence-corrected chi connectivity index (χ3v) is 5.77. The van der Waals surface area contributed by atoms with Crippen LogP contribution in [-0.2, 0) is 16.7 Å². The molecule has 0 bridgehead atoms. The Labute approximate surface area is 143 Å². The summed E-state index contributed by atoms with van der Waals surface area (Å²) in [6.07, 6.45) is 10.1. The van der Waals surface area contributed by atoms with Gasteiger partial charge in [-0.25, -0.2) is 0 Å². The van der Waals surface area contributed by atoms with E-state index in [4.69, 9.17) is 14.2 Å². The van der Waals surface area contributed by atoms with Crippen molar-refractivity contribution >= 4 is 0 Å². The molecule has 2 atom stereocenters. The number of nitrogens with zero attached hydrogens (tertiary/aromatic N) is 1. The molecule has 0 radical (unpaired) electrons. The summed E-state index contributed by atoms with van der Waals surface area (Å²) >= 11 is 0. The van der Waals surface area contributed by atoms with Crippen LogP contribution in [0.3, 0.4) is 0 Å². The molecule has 1 aromatic rings. The maximum absolute atomic E-state index is 5.70. The number of aryl methyl sites for hydroxylation is 1. The summed E-state index contributed by atoms with van der Waals surface area (Å²) in [6, 6.07) is 4.36. The number of methoxy groups -OCH3 is 3. The molecular weight excluding hydrogens is 302 g/mol. The first kappa shape index (κ1) is 15.7. The predicted octanol–water partition coefficient (Wildman–Crippen LogP) is 3.06. The van der Waals surface area contributed by atoms with Crippen molar-refractivity contribution in [1.29, 1.82) is 0 Å².